The van der Waals surface area contributed by atoms with E-state index in [1.54, 1.807) is 0 Å². The maximum Gasteiger partial charge on any atom is 0 e. The average molecular weight is 580 g/mol. The molecule has 0 saturated carbocycles. The maximum absolute atomic E-state index is 2.22. The zero-order valence-electron chi connectivity index (χ0n) is 15.6. The minimum absolute atomic E-state index is 0. The Morgan fingerprint density at radius 1 is 0.429 bits per heavy atom. The summed E-state index contributed by atoms with van der Waals surface area (Å²) in [6.45, 7) is 17.8. The second-order valence-corrected chi connectivity index (χ2v) is 9.82. The molecule has 4 radical (unpaired) electrons. The summed E-state index contributed by atoms with van der Waals surface area (Å²) in [6, 6.07) is 0. The molecule has 0 aromatic carbocycles. The monoisotopic (exact) mass is 580 g/mol. The van der Waals surface area contributed by atoms with Gasteiger partial charge in [-0.1, -0.05) is 0 Å². The van der Waals surface area contributed by atoms with Gasteiger partial charge in [0.25, 0.3) is 0 Å². The molecule has 21 heavy (non-hydrogen) atoms. The van der Waals surface area contributed by atoms with Gasteiger partial charge in [0.15, 0.2) is 0 Å². The minimum Gasteiger partial charge on any atom is 0 e. The van der Waals surface area contributed by atoms with Gasteiger partial charge >= 0.3 is 167 Å². The van der Waals surface area contributed by atoms with Crippen LogP contribution in [0.4, 0.5) is 0 Å². The summed E-state index contributed by atoms with van der Waals surface area (Å²) in [5, 5.41) is 5.22. The zero-order valence-corrected chi connectivity index (χ0v) is 25.6. The summed E-state index contributed by atoms with van der Waals surface area (Å²) < 4.78 is 0. The molecule has 0 unspecified atom stereocenters. The summed E-state index contributed by atoms with van der Waals surface area (Å²) >= 11 is 8.80. The van der Waals surface area contributed by atoms with E-state index in [0.29, 0.717) is 0 Å². The van der Waals surface area contributed by atoms with Crippen LogP contribution in [0, 0.1) is 23.7 Å². The quantitative estimate of drug-likeness (QED) is 0.444. The molecule has 0 heterocycles. The van der Waals surface area contributed by atoms with Gasteiger partial charge in [-0.2, -0.15) is 0 Å². The van der Waals surface area contributed by atoms with Crippen molar-refractivity contribution in [1.29, 1.82) is 0 Å². The summed E-state index contributed by atoms with van der Waals surface area (Å²) in [6.07, 6.45) is 0. The molecule has 0 aliphatic heterocycles. The zero-order chi connectivity index (χ0) is 17.1. The minimum atomic E-state index is 0. The van der Waals surface area contributed by atoms with Crippen LogP contribution in [0.2, 0.25) is 20.8 Å². The fourth-order valence-electron chi connectivity index (χ4n) is 0. The van der Waals surface area contributed by atoms with E-state index < -0.39 is 0 Å². The molecule has 0 bridgehead atoms. The second kappa shape index (κ2) is 30.8. The molecule has 5 heteroatoms. The van der Waals surface area contributed by atoms with Gasteiger partial charge in [0.05, 0.1) is 0 Å². The Morgan fingerprint density at radius 3 is 0.476 bits per heavy atom. The van der Waals surface area contributed by atoms with E-state index in [1.165, 1.54) is 20.8 Å². The van der Waals surface area contributed by atoms with Crippen molar-refractivity contribution >= 4 is 67.4 Å². The van der Waals surface area contributed by atoms with E-state index in [1.807, 2.05) is 0 Å². The molecule has 0 aromatic heterocycles. The van der Waals surface area contributed by atoms with E-state index in [0.717, 1.165) is 23.7 Å². The largest absolute Gasteiger partial charge is 0 e. The third kappa shape index (κ3) is 84.0. The Balaban J connectivity index is -0.0000000533. The number of rotatable bonds is 4. The van der Waals surface area contributed by atoms with Crippen LogP contribution in [0.5, 0.6) is 0 Å². The molecule has 0 atom stereocenters. The molecular weight excluding hydrogens is 540 g/mol. The fraction of sp³-hybridized carbons (Fsp3) is 1.00. The first-order valence-electron chi connectivity index (χ1n) is 7.67. The first-order chi connectivity index (χ1) is 9.08. The van der Waals surface area contributed by atoms with Crippen molar-refractivity contribution in [2.75, 3.05) is 0 Å². The molecule has 0 aromatic rings. The van der Waals surface area contributed by atoms with E-state index in [4.69, 9.17) is 0 Å². The van der Waals surface area contributed by atoms with Crippen molar-refractivity contribution in [2.24, 2.45) is 23.7 Å². The third-order valence-electron chi connectivity index (χ3n) is 1.63. The smallest absolute Gasteiger partial charge is 0 e. The summed E-state index contributed by atoms with van der Waals surface area (Å²) in [5.74, 6) is 3.54. The van der Waals surface area contributed by atoms with E-state index in [-0.39, 0.29) is 21.7 Å². The molecular formula is C16H40As4Ti. The topological polar surface area (TPSA) is 0 Å². The van der Waals surface area contributed by atoms with Crippen molar-refractivity contribution in [1.82, 2.24) is 0 Å². The average Bonchev–Trinajstić information content (AvgIpc) is 2.40. The van der Waals surface area contributed by atoms with Crippen LogP contribution in [0.15, 0.2) is 0 Å². The Morgan fingerprint density at radius 2 is 0.476 bits per heavy atom. The van der Waals surface area contributed by atoms with Crippen molar-refractivity contribution in [3.63, 3.8) is 0 Å². The molecule has 0 nitrogen and oxygen atoms in total. The summed E-state index contributed by atoms with van der Waals surface area (Å²) in [7, 11) is 0. The molecule has 0 saturated heterocycles. The van der Waals surface area contributed by atoms with Gasteiger partial charge < -0.3 is 0 Å². The Kier molecular flexibility index (Phi) is 51.5. The second-order valence-electron chi connectivity index (χ2n) is 6.39. The van der Waals surface area contributed by atoms with Gasteiger partial charge in [0, 0.05) is 21.7 Å². The summed E-state index contributed by atoms with van der Waals surface area (Å²) in [4.78, 5) is 0. The van der Waals surface area contributed by atoms with Crippen LogP contribution in [-0.4, -0.2) is 67.4 Å². The van der Waals surface area contributed by atoms with Gasteiger partial charge in [-0.15, -0.1) is 0 Å². The molecule has 128 valence electrons. The van der Waals surface area contributed by atoms with Crippen LogP contribution in [0.1, 0.15) is 55.4 Å². The van der Waals surface area contributed by atoms with E-state index >= 15 is 0 Å². The van der Waals surface area contributed by atoms with Crippen molar-refractivity contribution in [3.8, 4) is 0 Å². The van der Waals surface area contributed by atoms with Gasteiger partial charge in [-0.3, -0.25) is 0 Å². The first-order valence-corrected chi connectivity index (χ1v) is 13.6. The van der Waals surface area contributed by atoms with E-state index in [2.05, 4.69) is 123 Å². The van der Waals surface area contributed by atoms with Gasteiger partial charge in [-0.25, -0.2) is 0 Å². The maximum atomic E-state index is 2.22. The Bertz CT molecular complexity index is 108. The third-order valence-corrected chi connectivity index (χ3v) is 8.49. The molecule has 0 fully saturated rings. The van der Waals surface area contributed by atoms with Crippen LogP contribution < -0.4 is 0 Å². The van der Waals surface area contributed by atoms with Crippen molar-refractivity contribution in [3.05, 3.63) is 0 Å². The SMILES string of the molecule is CC(C)C[AsH].CC(C)C[AsH].CC(C)C[AsH].CC(C)C[AsH].[Ti]. The fourth-order valence-corrected chi connectivity index (χ4v) is 0. The Hall–Kier alpha value is 2.95. The molecule has 0 N–H and O–H groups in total. The molecule has 0 rings (SSSR count). The number of hydrogen-bond donors (Lipinski definition) is 0. The molecule has 0 aliphatic carbocycles. The molecule has 0 spiro atoms. The Labute approximate surface area is 187 Å². The van der Waals surface area contributed by atoms with Crippen LogP contribution >= 0.6 is 0 Å². The number of hydrogen-bond acceptors (Lipinski definition) is 0. The summed E-state index contributed by atoms with van der Waals surface area (Å²) in [5.41, 5.74) is 0. The van der Waals surface area contributed by atoms with Crippen molar-refractivity contribution in [2.45, 2.75) is 76.2 Å². The van der Waals surface area contributed by atoms with Gasteiger partial charge in [0.1, 0.15) is 0 Å². The van der Waals surface area contributed by atoms with Crippen LogP contribution in [-0.2, 0) is 21.7 Å². The van der Waals surface area contributed by atoms with Crippen molar-refractivity contribution < 1.29 is 21.7 Å². The standard InChI is InChI=1S/4C4H10As.Ti/c4*1-4(2)3-5;/h4*4-5H,3H2,1-2H3;. The van der Waals surface area contributed by atoms with Gasteiger partial charge in [0.2, 0.25) is 0 Å². The normalized spacial score (nSPS) is 9.14. The van der Waals surface area contributed by atoms with Crippen LogP contribution in [0.25, 0.3) is 0 Å². The molecule has 0 aliphatic rings. The van der Waals surface area contributed by atoms with E-state index in [9.17, 15) is 0 Å². The first kappa shape index (κ1) is 35.1. The van der Waals surface area contributed by atoms with Crippen LogP contribution in [0.3, 0.4) is 0 Å². The predicted octanol–water partition coefficient (Wildman–Crippen LogP) is 3.84. The predicted molar refractivity (Wildman–Crippen MR) is 107 cm³/mol. The van der Waals surface area contributed by atoms with Gasteiger partial charge in [-0.05, 0) is 0 Å². The molecule has 0 amide bonds.